The number of fused-ring (bicyclic) bond motifs is 1. The summed E-state index contributed by atoms with van der Waals surface area (Å²) in [5.41, 5.74) is 0.106. The Hall–Kier alpha value is -1.25. The van der Waals surface area contributed by atoms with Crippen molar-refractivity contribution in [3.8, 4) is 0 Å². The highest BCUT2D eigenvalue weighted by Gasteiger charge is 2.31. The number of allylic oxidation sites excluding steroid dienone is 1. The molecule has 12 heavy (non-hydrogen) atoms. The third-order valence-corrected chi connectivity index (χ3v) is 1.90. The molecular weight excluding hydrogens is 165 g/mol. The molecule has 0 radical (unpaired) electrons. The van der Waals surface area contributed by atoms with E-state index in [9.17, 15) is 13.2 Å². The van der Waals surface area contributed by atoms with Crippen LogP contribution in [0, 0.1) is 0 Å². The van der Waals surface area contributed by atoms with Gasteiger partial charge in [0.1, 0.15) is 0 Å². The Morgan fingerprint density at radius 2 is 1.75 bits per heavy atom. The van der Waals surface area contributed by atoms with Crippen LogP contribution in [0.2, 0.25) is 0 Å². The highest BCUT2D eigenvalue weighted by Crippen LogP contribution is 2.43. The van der Waals surface area contributed by atoms with Gasteiger partial charge in [-0.05, 0) is 0 Å². The van der Waals surface area contributed by atoms with Crippen LogP contribution in [-0.4, -0.2) is 0 Å². The lowest BCUT2D eigenvalue weighted by Gasteiger charge is -1.98. The van der Waals surface area contributed by atoms with E-state index < -0.39 is 17.8 Å². The minimum absolute atomic E-state index is 0.0301. The third kappa shape index (κ3) is 0.793. The lowest BCUT2D eigenvalue weighted by molar-refractivity contribution is 0.340. The summed E-state index contributed by atoms with van der Waals surface area (Å²) in [5.74, 6) is -2.38. The molecule has 0 saturated carbocycles. The van der Waals surface area contributed by atoms with Gasteiger partial charge in [-0.25, -0.2) is 13.2 Å². The van der Waals surface area contributed by atoms with E-state index in [1.54, 1.807) is 12.1 Å². The molecule has 1 aliphatic carbocycles. The highest BCUT2D eigenvalue weighted by molar-refractivity contribution is 5.71. The van der Waals surface area contributed by atoms with E-state index in [0.29, 0.717) is 0 Å². The summed E-state index contributed by atoms with van der Waals surface area (Å²) < 4.78 is 38.3. The smallest absolute Gasteiger partial charge is 0.180 e. The average molecular weight is 170 g/mol. The van der Waals surface area contributed by atoms with Gasteiger partial charge in [-0.3, -0.25) is 0 Å². The number of benzene rings is 1. The lowest BCUT2D eigenvalue weighted by atomic mass is 10.1. The molecule has 0 spiro atoms. The molecule has 1 unspecified atom stereocenters. The number of alkyl halides is 1. The van der Waals surface area contributed by atoms with E-state index in [1.165, 1.54) is 12.1 Å². The molecule has 0 fully saturated rings. The Morgan fingerprint density at radius 3 is 2.42 bits per heavy atom. The molecule has 0 bridgehead atoms. The first kappa shape index (κ1) is 7.40. The minimum atomic E-state index is -1.92. The first-order chi connectivity index (χ1) is 5.72. The van der Waals surface area contributed by atoms with Crippen molar-refractivity contribution < 1.29 is 13.2 Å². The lowest BCUT2D eigenvalue weighted by Crippen LogP contribution is -1.86. The average Bonchev–Trinajstić information content (AvgIpc) is 2.33. The fourth-order valence-corrected chi connectivity index (χ4v) is 1.29. The third-order valence-electron chi connectivity index (χ3n) is 1.90. The maximum absolute atomic E-state index is 12.9. The van der Waals surface area contributed by atoms with Crippen LogP contribution in [0.25, 0.3) is 5.83 Å². The summed E-state index contributed by atoms with van der Waals surface area (Å²) >= 11 is 0. The van der Waals surface area contributed by atoms with Crippen molar-refractivity contribution in [1.82, 2.24) is 0 Å². The molecule has 0 aliphatic heterocycles. The van der Waals surface area contributed by atoms with Crippen LogP contribution in [0.1, 0.15) is 17.3 Å². The van der Waals surface area contributed by atoms with E-state index in [2.05, 4.69) is 0 Å². The molecule has 0 nitrogen and oxygen atoms in total. The zero-order valence-corrected chi connectivity index (χ0v) is 6.02. The molecular formula is C9H5F3. The molecule has 1 aromatic carbocycles. The van der Waals surface area contributed by atoms with Crippen LogP contribution >= 0.6 is 0 Å². The van der Waals surface area contributed by atoms with E-state index in [1.807, 2.05) is 0 Å². The second kappa shape index (κ2) is 2.37. The number of hydrogen-bond acceptors (Lipinski definition) is 0. The van der Waals surface area contributed by atoms with Gasteiger partial charge < -0.3 is 0 Å². The van der Waals surface area contributed by atoms with Crippen LogP contribution in [0.4, 0.5) is 13.2 Å². The zero-order valence-electron chi connectivity index (χ0n) is 6.02. The summed E-state index contributed by atoms with van der Waals surface area (Å²) in [5, 5.41) is 0. The van der Waals surface area contributed by atoms with Crippen molar-refractivity contribution in [2.24, 2.45) is 0 Å². The molecule has 1 atom stereocenters. The van der Waals surface area contributed by atoms with Crippen LogP contribution in [-0.2, 0) is 0 Å². The van der Waals surface area contributed by atoms with Gasteiger partial charge in [0.2, 0.25) is 0 Å². The quantitative estimate of drug-likeness (QED) is 0.560. The van der Waals surface area contributed by atoms with Gasteiger partial charge in [-0.1, -0.05) is 24.3 Å². The van der Waals surface area contributed by atoms with Crippen LogP contribution in [0.15, 0.2) is 30.1 Å². The summed E-state index contributed by atoms with van der Waals surface area (Å²) in [4.78, 5) is 0. The first-order valence-corrected chi connectivity index (χ1v) is 3.50. The van der Waals surface area contributed by atoms with Crippen LogP contribution < -0.4 is 0 Å². The summed E-state index contributed by atoms with van der Waals surface area (Å²) in [6.07, 6.45) is -1.92. The fourth-order valence-electron chi connectivity index (χ4n) is 1.29. The van der Waals surface area contributed by atoms with Gasteiger partial charge in [0.05, 0.1) is 0 Å². The van der Waals surface area contributed by atoms with Crippen molar-refractivity contribution in [2.75, 3.05) is 0 Å². The summed E-state index contributed by atoms with van der Waals surface area (Å²) in [7, 11) is 0. The monoisotopic (exact) mass is 170 g/mol. The van der Waals surface area contributed by atoms with Gasteiger partial charge >= 0.3 is 0 Å². The molecule has 0 heterocycles. The van der Waals surface area contributed by atoms with Crippen molar-refractivity contribution in [1.29, 1.82) is 0 Å². The van der Waals surface area contributed by atoms with Crippen LogP contribution in [0.5, 0.6) is 0 Å². The molecule has 0 N–H and O–H groups in total. The van der Waals surface area contributed by atoms with Crippen LogP contribution in [0.3, 0.4) is 0 Å². The summed E-state index contributed by atoms with van der Waals surface area (Å²) in [6.45, 7) is 0. The number of hydrogen-bond donors (Lipinski definition) is 0. The van der Waals surface area contributed by atoms with Crippen molar-refractivity contribution in [2.45, 2.75) is 6.17 Å². The van der Waals surface area contributed by atoms with Crippen molar-refractivity contribution >= 4 is 5.83 Å². The first-order valence-electron chi connectivity index (χ1n) is 3.50. The standard InChI is InChI=1S/C9H5F3/c10-7-5-3-1-2-4-6(5)8(11)9(7)12/h1-4,7H. The molecule has 62 valence electrons. The normalized spacial score (nSPS) is 21.4. The van der Waals surface area contributed by atoms with E-state index in [4.69, 9.17) is 0 Å². The Kier molecular flexibility index (Phi) is 1.46. The van der Waals surface area contributed by atoms with Gasteiger partial charge in [-0.2, -0.15) is 0 Å². The van der Waals surface area contributed by atoms with E-state index in [-0.39, 0.29) is 11.1 Å². The maximum atomic E-state index is 12.9. The maximum Gasteiger partial charge on any atom is 0.180 e. The Morgan fingerprint density at radius 1 is 1.08 bits per heavy atom. The Balaban J connectivity index is 2.65. The van der Waals surface area contributed by atoms with Crippen molar-refractivity contribution in [3.05, 3.63) is 41.2 Å². The molecule has 1 aliphatic rings. The highest BCUT2D eigenvalue weighted by atomic mass is 19.2. The van der Waals surface area contributed by atoms with Gasteiger partial charge in [0.25, 0.3) is 0 Å². The van der Waals surface area contributed by atoms with Gasteiger partial charge in [-0.15, -0.1) is 0 Å². The van der Waals surface area contributed by atoms with Crippen molar-refractivity contribution in [3.63, 3.8) is 0 Å². The van der Waals surface area contributed by atoms with E-state index in [0.717, 1.165) is 0 Å². The second-order valence-electron chi connectivity index (χ2n) is 2.61. The second-order valence-corrected chi connectivity index (χ2v) is 2.61. The molecule has 3 heteroatoms. The Labute approximate surface area is 67.3 Å². The largest absolute Gasteiger partial charge is 0.234 e. The molecule has 1 aromatic rings. The SMILES string of the molecule is FC1=C(F)C(F)c2ccccc21. The van der Waals surface area contributed by atoms with E-state index >= 15 is 0 Å². The zero-order chi connectivity index (χ0) is 8.72. The molecule has 0 amide bonds. The summed E-state index contributed by atoms with van der Waals surface area (Å²) in [6, 6.07) is 5.84. The predicted octanol–water partition coefficient (Wildman–Crippen LogP) is 3.32. The Bertz CT molecular complexity index is 355. The van der Waals surface area contributed by atoms with Gasteiger partial charge in [0, 0.05) is 11.1 Å². The molecule has 0 aromatic heterocycles. The molecule has 0 saturated heterocycles. The predicted molar refractivity (Wildman–Crippen MR) is 39.4 cm³/mol. The minimum Gasteiger partial charge on any atom is -0.234 e. The number of rotatable bonds is 0. The number of halogens is 3. The fraction of sp³-hybridized carbons (Fsp3) is 0.111. The topological polar surface area (TPSA) is 0 Å². The van der Waals surface area contributed by atoms with Gasteiger partial charge in [0.15, 0.2) is 17.8 Å². The molecule has 2 rings (SSSR count).